The minimum absolute atomic E-state index is 0.261. The third-order valence-corrected chi connectivity index (χ3v) is 7.20. The number of carbonyl (C=O) groups is 1. The second-order valence-corrected chi connectivity index (χ2v) is 8.67. The zero-order valence-electron chi connectivity index (χ0n) is 16.7. The van der Waals surface area contributed by atoms with Crippen molar-refractivity contribution in [3.63, 3.8) is 0 Å². The molecule has 3 aliphatic rings. The van der Waals surface area contributed by atoms with E-state index < -0.39 is 5.97 Å². The van der Waals surface area contributed by atoms with Crippen LogP contribution in [0.1, 0.15) is 60.5 Å². The fourth-order valence-electron chi connectivity index (χ4n) is 5.63. The van der Waals surface area contributed by atoms with Crippen molar-refractivity contribution in [3.8, 4) is 0 Å². The van der Waals surface area contributed by atoms with Crippen molar-refractivity contribution in [2.75, 3.05) is 20.7 Å². The van der Waals surface area contributed by atoms with Gasteiger partial charge in [-0.1, -0.05) is 6.92 Å². The molecular weight excluding hydrogens is 343 g/mol. The second-order valence-electron chi connectivity index (χ2n) is 8.67. The summed E-state index contributed by atoms with van der Waals surface area (Å²) in [6.07, 6.45) is 7.00. The van der Waals surface area contributed by atoms with Crippen molar-refractivity contribution in [1.29, 1.82) is 0 Å². The molecule has 4 rings (SSSR count). The Morgan fingerprint density at radius 2 is 1.96 bits per heavy atom. The van der Waals surface area contributed by atoms with Crippen LogP contribution in [-0.4, -0.2) is 54.6 Å². The van der Waals surface area contributed by atoms with Crippen molar-refractivity contribution in [1.82, 2.24) is 9.80 Å². The molecule has 27 heavy (non-hydrogen) atoms. The van der Waals surface area contributed by atoms with Gasteiger partial charge >= 0.3 is 5.97 Å². The molecule has 2 unspecified atom stereocenters. The average Bonchev–Trinajstić information content (AvgIpc) is 2.87. The van der Waals surface area contributed by atoms with E-state index in [0.29, 0.717) is 11.6 Å². The van der Waals surface area contributed by atoms with Gasteiger partial charge in [-0.05, 0) is 74.8 Å². The summed E-state index contributed by atoms with van der Waals surface area (Å²) < 4.78 is 19.4. The average molecular weight is 375 g/mol. The van der Waals surface area contributed by atoms with Crippen LogP contribution in [0.4, 0.5) is 4.39 Å². The monoisotopic (exact) mass is 374 g/mol. The number of ether oxygens (including phenoxy) is 1. The lowest BCUT2D eigenvalue weighted by molar-refractivity contribution is 0.0598. The predicted octanol–water partition coefficient (Wildman–Crippen LogP) is 3.62. The van der Waals surface area contributed by atoms with E-state index in [4.69, 9.17) is 4.74 Å². The molecule has 0 N–H and O–H groups in total. The van der Waals surface area contributed by atoms with Crippen molar-refractivity contribution < 1.29 is 13.9 Å². The van der Waals surface area contributed by atoms with Gasteiger partial charge in [-0.15, -0.1) is 0 Å². The van der Waals surface area contributed by atoms with E-state index in [1.54, 1.807) is 0 Å². The molecule has 5 heteroatoms. The maximum atomic E-state index is 14.6. The van der Waals surface area contributed by atoms with Gasteiger partial charge in [-0.3, -0.25) is 4.90 Å². The Morgan fingerprint density at radius 3 is 2.59 bits per heavy atom. The van der Waals surface area contributed by atoms with Crippen LogP contribution in [0.5, 0.6) is 0 Å². The van der Waals surface area contributed by atoms with E-state index in [1.165, 1.54) is 38.9 Å². The summed E-state index contributed by atoms with van der Waals surface area (Å²) >= 11 is 0. The summed E-state index contributed by atoms with van der Waals surface area (Å²) in [7, 11) is 3.62. The number of piperidine rings is 1. The fraction of sp³-hybridized carbons (Fsp3) is 0.682. The first kappa shape index (κ1) is 18.9. The lowest BCUT2D eigenvalue weighted by atomic mass is 9.86. The van der Waals surface area contributed by atoms with E-state index in [-0.39, 0.29) is 5.82 Å². The van der Waals surface area contributed by atoms with E-state index in [0.717, 1.165) is 55.1 Å². The molecule has 2 bridgehead atoms. The standard InChI is InChI=1S/C22H31FN2O2/c1-4-17-11-20-16(9-15(10-21(20)23)22(26)27-3)13-25(17)12-14-7-18-5-6-19(8-14)24(18)2/h9-10,14,17-19H,4-8,11-13H2,1-3H3/t14?,17-,18?,19?/m0/s1. The summed E-state index contributed by atoms with van der Waals surface area (Å²) in [5.41, 5.74) is 2.06. The lowest BCUT2D eigenvalue weighted by Crippen LogP contribution is -2.47. The number of fused-ring (bicyclic) bond motifs is 3. The van der Waals surface area contributed by atoms with Gasteiger partial charge in [0, 0.05) is 31.2 Å². The van der Waals surface area contributed by atoms with Gasteiger partial charge in [0.05, 0.1) is 12.7 Å². The van der Waals surface area contributed by atoms with E-state index in [9.17, 15) is 9.18 Å². The van der Waals surface area contributed by atoms with Gasteiger partial charge in [0.15, 0.2) is 0 Å². The summed E-state index contributed by atoms with van der Waals surface area (Å²) in [4.78, 5) is 17.0. The molecule has 0 spiro atoms. The van der Waals surface area contributed by atoms with Gasteiger partial charge in [0.2, 0.25) is 0 Å². The molecule has 3 atom stereocenters. The van der Waals surface area contributed by atoms with Crippen LogP contribution in [-0.2, 0) is 17.7 Å². The summed E-state index contributed by atoms with van der Waals surface area (Å²) in [5.74, 6) is -0.000898. The van der Waals surface area contributed by atoms with E-state index in [2.05, 4.69) is 23.8 Å². The molecular formula is C22H31FN2O2. The highest BCUT2D eigenvalue weighted by atomic mass is 19.1. The molecule has 2 saturated heterocycles. The Hall–Kier alpha value is -1.46. The summed E-state index contributed by atoms with van der Waals surface area (Å²) in [6, 6.07) is 5.04. The normalized spacial score (nSPS) is 31.0. The second kappa shape index (κ2) is 7.51. The number of benzene rings is 1. The zero-order chi connectivity index (χ0) is 19.1. The smallest absolute Gasteiger partial charge is 0.337 e. The van der Waals surface area contributed by atoms with Gasteiger partial charge in [-0.25, -0.2) is 9.18 Å². The number of esters is 1. The molecule has 3 aliphatic heterocycles. The van der Waals surface area contributed by atoms with Crippen molar-refractivity contribution in [3.05, 3.63) is 34.6 Å². The molecule has 1 aromatic rings. The molecule has 0 radical (unpaired) electrons. The van der Waals surface area contributed by atoms with Crippen LogP contribution >= 0.6 is 0 Å². The molecule has 148 valence electrons. The summed E-state index contributed by atoms with van der Waals surface area (Å²) in [6.45, 7) is 4.02. The highest BCUT2D eigenvalue weighted by Gasteiger charge is 2.40. The maximum absolute atomic E-state index is 14.6. The first-order valence-electron chi connectivity index (χ1n) is 10.4. The van der Waals surface area contributed by atoms with Gasteiger partial charge in [0.1, 0.15) is 5.82 Å². The minimum Gasteiger partial charge on any atom is -0.465 e. The van der Waals surface area contributed by atoms with Gasteiger partial charge in [0.25, 0.3) is 0 Å². The Labute approximate surface area is 161 Å². The number of hydrogen-bond acceptors (Lipinski definition) is 4. The third-order valence-electron chi connectivity index (χ3n) is 7.20. The molecule has 1 aromatic carbocycles. The van der Waals surface area contributed by atoms with Crippen LogP contribution in [0.25, 0.3) is 0 Å². The van der Waals surface area contributed by atoms with E-state index >= 15 is 0 Å². The minimum atomic E-state index is -0.465. The molecule has 3 heterocycles. The van der Waals surface area contributed by atoms with Crippen LogP contribution in [0, 0.1) is 11.7 Å². The van der Waals surface area contributed by atoms with Gasteiger partial charge < -0.3 is 9.64 Å². The highest BCUT2D eigenvalue weighted by Crippen LogP contribution is 2.39. The molecule has 0 aromatic heterocycles. The van der Waals surface area contributed by atoms with E-state index in [1.807, 2.05) is 6.07 Å². The maximum Gasteiger partial charge on any atom is 0.337 e. The molecule has 0 saturated carbocycles. The Morgan fingerprint density at radius 1 is 1.26 bits per heavy atom. The Kier molecular flexibility index (Phi) is 5.26. The van der Waals surface area contributed by atoms with Crippen molar-refractivity contribution in [2.24, 2.45) is 5.92 Å². The number of hydrogen-bond donors (Lipinski definition) is 0. The lowest BCUT2D eigenvalue weighted by Gasteiger charge is -2.42. The number of nitrogens with zero attached hydrogens (tertiary/aromatic N) is 2. The number of rotatable bonds is 4. The quantitative estimate of drug-likeness (QED) is 0.754. The van der Waals surface area contributed by atoms with Crippen LogP contribution in [0.2, 0.25) is 0 Å². The highest BCUT2D eigenvalue weighted by molar-refractivity contribution is 5.89. The van der Waals surface area contributed by atoms with Crippen molar-refractivity contribution in [2.45, 2.75) is 70.1 Å². The van der Waals surface area contributed by atoms with Crippen LogP contribution in [0.3, 0.4) is 0 Å². The first-order valence-corrected chi connectivity index (χ1v) is 10.4. The molecule has 4 nitrogen and oxygen atoms in total. The SMILES string of the molecule is CC[C@H]1Cc2c(F)cc(C(=O)OC)cc2CN1CC1CC2CCC(C1)N2C. The number of methoxy groups -OCH3 is 1. The zero-order valence-corrected chi connectivity index (χ0v) is 16.7. The third kappa shape index (κ3) is 3.52. The fourth-order valence-corrected chi connectivity index (χ4v) is 5.63. The number of carbonyl (C=O) groups excluding carboxylic acids is 1. The first-order chi connectivity index (χ1) is 13.0. The van der Waals surface area contributed by atoms with Gasteiger partial charge in [-0.2, -0.15) is 0 Å². The largest absolute Gasteiger partial charge is 0.465 e. The van der Waals surface area contributed by atoms with Crippen LogP contribution in [0.15, 0.2) is 12.1 Å². The molecule has 0 aliphatic carbocycles. The Bertz CT molecular complexity index is 709. The Balaban J connectivity index is 1.53. The van der Waals surface area contributed by atoms with Crippen LogP contribution < -0.4 is 0 Å². The molecule has 0 amide bonds. The van der Waals surface area contributed by atoms with Crippen molar-refractivity contribution >= 4 is 5.97 Å². The molecule has 2 fully saturated rings. The predicted molar refractivity (Wildman–Crippen MR) is 103 cm³/mol. The topological polar surface area (TPSA) is 32.8 Å². The number of halogens is 1. The summed E-state index contributed by atoms with van der Waals surface area (Å²) in [5, 5.41) is 0.